The van der Waals surface area contributed by atoms with Crippen LogP contribution >= 0.6 is 0 Å². The minimum Gasteiger partial charge on any atom is -0.281 e. The average molecular weight is 374 g/mol. The molecule has 2 aliphatic carbocycles. The highest BCUT2D eigenvalue weighted by molar-refractivity contribution is 5.93. The first-order valence-corrected chi connectivity index (χ1v) is 9.50. The maximum Gasteiger partial charge on any atom is 0.139 e. The fourth-order valence-electron chi connectivity index (χ4n) is 3.91. The van der Waals surface area contributed by atoms with E-state index in [2.05, 4.69) is 38.3 Å². The highest BCUT2D eigenvalue weighted by atomic mass is 19.1. The van der Waals surface area contributed by atoms with E-state index in [4.69, 9.17) is 0 Å². The van der Waals surface area contributed by atoms with Gasteiger partial charge in [-0.3, -0.25) is 20.4 Å². The molecule has 4 nitrogen and oxygen atoms in total. The van der Waals surface area contributed by atoms with Gasteiger partial charge in [-0.1, -0.05) is 24.1 Å². The second kappa shape index (κ2) is 7.47. The van der Waals surface area contributed by atoms with E-state index in [-0.39, 0.29) is 23.2 Å². The average Bonchev–Trinajstić information content (AvgIpc) is 3.43. The van der Waals surface area contributed by atoms with Crippen molar-refractivity contribution in [2.24, 2.45) is 16.3 Å². The van der Waals surface area contributed by atoms with E-state index in [1.807, 2.05) is 50.3 Å². The fourth-order valence-corrected chi connectivity index (χ4v) is 3.91. The highest BCUT2D eigenvalue weighted by Gasteiger charge is 2.57. The zero-order valence-corrected chi connectivity index (χ0v) is 16.1. The third-order valence-electron chi connectivity index (χ3n) is 5.35. The van der Waals surface area contributed by atoms with Crippen molar-refractivity contribution in [2.75, 3.05) is 0 Å². The molecule has 1 aliphatic heterocycles. The Balaban J connectivity index is 1.60. The van der Waals surface area contributed by atoms with Gasteiger partial charge in [0.15, 0.2) is 0 Å². The van der Waals surface area contributed by atoms with Crippen molar-refractivity contribution in [1.29, 1.82) is 0 Å². The van der Waals surface area contributed by atoms with Gasteiger partial charge in [-0.15, -0.1) is 5.92 Å². The van der Waals surface area contributed by atoms with Crippen LogP contribution in [0.1, 0.15) is 26.0 Å². The maximum absolute atomic E-state index is 13.6. The molecule has 3 atom stereocenters. The number of aliphatic imine (C=N–C) groups is 1. The second-order valence-corrected chi connectivity index (χ2v) is 7.11. The standard InChI is InChI=1S/C23H23FN4/c1-3-7-20-9-10-22(26-16-19-8-5-6-13-25-19)27-28(20)21(4-2)23-12-11-18(24)14-17(23)15-23/h4-6,8-14,17,20H,15-16H2,1-2H3,(H,26,27)/b21-4-. The predicted octanol–water partition coefficient (Wildman–Crippen LogP) is 4.08. The van der Waals surface area contributed by atoms with Crippen molar-refractivity contribution >= 4 is 5.84 Å². The molecule has 0 aromatic carbocycles. The van der Waals surface area contributed by atoms with Crippen LogP contribution in [0.2, 0.25) is 0 Å². The molecule has 1 aromatic heterocycles. The van der Waals surface area contributed by atoms with Gasteiger partial charge in [-0.2, -0.15) is 0 Å². The van der Waals surface area contributed by atoms with E-state index in [1.54, 1.807) is 18.3 Å². The molecule has 0 saturated heterocycles. The molecule has 28 heavy (non-hydrogen) atoms. The summed E-state index contributed by atoms with van der Waals surface area (Å²) < 4.78 is 13.6. The normalized spacial score (nSPS) is 29.5. The first kappa shape index (κ1) is 18.2. The number of hydrogen-bond donors (Lipinski definition) is 1. The monoisotopic (exact) mass is 374 g/mol. The number of fused-ring (bicyclic) bond motifs is 1. The number of halogens is 1. The Bertz CT molecular complexity index is 961. The number of hydrazine groups is 1. The van der Waals surface area contributed by atoms with Crippen LogP contribution in [-0.2, 0) is 6.54 Å². The molecule has 1 N–H and O–H groups in total. The predicted molar refractivity (Wildman–Crippen MR) is 109 cm³/mol. The number of nitrogens with one attached hydrogen (secondary N) is 1. The number of hydrogen-bond acceptors (Lipinski definition) is 3. The summed E-state index contributed by atoms with van der Waals surface area (Å²) in [6, 6.07) is 5.70. The van der Waals surface area contributed by atoms with Crippen LogP contribution in [0.4, 0.5) is 4.39 Å². The Morgan fingerprint density at radius 2 is 2.36 bits per heavy atom. The summed E-state index contributed by atoms with van der Waals surface area (Å²) >= 11 is 0. The van der Waals surface area contributed by atoms with Crippen LogP contribution in [0.5, 0.6) is 0 Å². The lowest BCUT2D eigenvalue weighted by molar-refractivity contribution is 0.253. The Morgan fingerprint density at radius 1 is 1.46 bits per heavy atom. The Kier molecular flexibility index (Phi) is 4.87. The van der Waals surface area contributed by atoms with Gasteiger partial charge in [0.1, 0.15) is 17.7 Å². The van der Waals surface area contributed by atoms with Crippen molar-refractivity contribution in [1.82, 2.24) is 15.4 Å². The van der Waals surface area contributed by atoms with Crippen molar-refractivity contribution in [2.45, 2.75) is 32.9 Å². The van der Waals surface area contributed by atoms with Crippen LogP contribution in [0.3, 0.4) is 0 Å². The van der Waals surface area contributed by atoms with Gasteiger partial charge < -0.3 is 0 Å². The number of pyridine rings is 1. The molecule has 4 rings (SSSR count). The first-order valence-electron chi connectivity index (χ1n) is 9.50. The van der Waals surface area contributed by atoms with E-state index in [9.17, 15) is 4.39 Å². The van der Waals surface area contributed by atoms with E-state index >= 15 is 0 Å². The van der Waals surface area contributed by atoms with Crippen molar-refractivity contribution in [3.05, 3.63) is 78.1 Å². The summed E-state index contributed by atoms with van der Waals surface area (Å²) in [6.07, 6.45) is 14.1. The Labute approximate surface area is 165 Å². The smallest absolute Gasteiger partial charge is 0.139 e. The van der Waals surface area contributed by atoms with E-state index < -0.39 is 0 Å². The summed E-state index contributed by atoms with van der Waals surface area (Å²) in [5, 5.41) is 2.06. The van der Waals surface area contributed by atoms with Gasteiger partial charge in [-0.25, -0.2) is 4.39 Å². The third-order valence-corrected chi connectivity index (χ3v) is 5.35. The Morgan fingerprint density at radius 3 is 3.07 bits per heavy atom. The van der Waals surface area contributed by atoms with Crippen LogP contribution in [-0.4, -0.2) is 21.9 Å². The maximum atomic E-state index is 13.6. The molecule has 0 bridgehead atoms. The molecule has 3 unspecified atom stereocenters. The molecular weight excluding hydrogens is 351 g/mol. The van der Waals surface area contributed by atoms with Crippen LogP contribution in [0.25, 0.3) is 0 Å². The molecule has 0 spiro atoms. The number of amidine groups is 1. The number of nitrogens with zero attached hydrogens (tertiary/aromatic N) is 3. The molecule has 0 amide bonds. The van der Waals surface area contributed by atoms with Crippen LogP contribution in [0.15, 0.2) is 77.4 Å². The molecule has 1 saturated carbocycles. The van der Waals surface area contributed by atoms with Crippen molar-refractivity contribution < 1.29 is 4.39 Å². The van der Waals surface area contributed by atoms with Gasteiger partial charge in [-0.05, 0) is 62.6 Å². The van der Waals surface area contributed by atoms with Crippen LogP contribution < -0.4 is 5.43 Å². The van der Waals surface area contributed by atoms with Gasteiger partial charge in [0, 0.05) is 17.3 Å². The zero-order chi connectivity index (χ0) is 19.6. The number of allylic oxidation sites excluding steroid dienone is 5. The Hall–Kier alpha value is -3.13. The lowest BCUT2D eigenvalue weighted by Gasteiger charge is -2.38. The SMILES string of the molecule is CC#CC1C=CC(=NCc2ccccn2)NN1/C(=C\C)C12C=CC(F)=CC1C2. The molecule has 5 heteroatoms. The summed E-state index contributed by atoms with van der Waals surface area (Å²) in [5.41, 5.74) is 5.26. The number of rotatable bonds is 4. The van der Waals surface area contributed by atoms with Gasteiger partial charge in [0.25, 0.3) is 0 Å². The van der Waals surface area contributed by atoms with Crippen molar-refractivity contribution in [3.63, 3.8) is 0 Å². The third kappa shape index (κ3) is 3.38. The molecule has 0 radical (unpaired) electrons. The molecular formula is C23H23FN4. The molecule has 3 aliphatic rings. The van der Waals surface area contributed by atoms with Crippen molar-refractivity contribution in [3.8, 4) is 11.8 Å². The van der Waals surface area contributed by atoms with Crippen LogP contribution in [0, 0.1) is 23.2 Å². The summed E-state index contributed by atoms with van der Waals surface area (Å²) in [4.78, 5) is 8.98. The quantitative estimate of drug-likeness (QED) is 0.808. The van der Waals surface area contributed by atoms with Gasteiger partial charge in [0.05, 0.1) is 12.2 Å². The second-order valence-electron chi connectivity index (χ2n) is 7.11. The highest BCUT2D eigenvalue weighted by Crippen LogP contribution is 2.62. The summed E-state index contributed by atoms with van der Waals surface area (Å²) in [7, 11) is 0. The first-order chi connectivity index (χ1) is 13.7. The van der Waals surface area contributed by atoms with E-state index in [0.29, 0.717) is 6.54 Å². The molecule has 2 heterocycles. The lowest BCUT2D eigenvalue weighted by atomic mass is 9.93. The van der Waals surface area contributed by atoms with E-state index in [0.717, 1.165) is 23.6 Å². The summed E-state index contributed by atoms with van der Waals surface area (Å²) in [5.74, 6) is 7.04. The molecule has 142 valence electrons. The number of aromatic nitrogens is 1. The van der Waals surface area contributed by atoms with Gasteiger partial charge >= 0.3 is 0 Å². The molecule has 1 aromatic rings. The zero-order valence-electron chi connectivity index (χ0n) is 16.1. The summed E-state index contributed by atoms with van der Waals surface area (Å²) in [6.45, 7) is 4.35. The minimum atomic E-state index is -0.164. The molecule has 1 fully saturated rings. The largest absolute Gasteiger partial charge is 0.281 e. The fraction of sp³-hybridized carbons (Fsp3) is 0.304. The van der Waals surface area contributed by atoms with E-state index in [1.165, 1.54) is 0 Å². The lowest BCUT2D eigenvalue weighted by Crippen LogP contribution is -2.50. The van der Waals surface area contributed by atoms with Gasteiger partial charge in [0.2, 0.25) is 0 Å². The topological polar surface area (TPSA) is 40.5 Å². The minimum absolute atomic E-state index is 0.107.